The van der Waals surface area contributed by atoms with Crippen molar-refractivity contribution >= 4 is 29.2 Å². The van der Waals surface area contributed by atoms with Crippen molar-refractivity contribution in [3.8, 4) is 0 Å². The molecule has 1 rings (SSSR count). The molecule has 0 fully saturated rings. The lowest BCUT2D eigenvalue weighted by Gasteiger charge is -2.15. The average molecular weight is 285 g/mol. The average Bonchev–Trinajstić information content (AvgIpc) is 2.30. The topological polar surface area (TPSA) is 92.4 Å². The molecule has 0 heterocycles. The Morgan fingerprint density at radius 3 is 2.53 bits per heavy atom. The minimum absolute atomic E-state index is 0.0643. The summed E-state index contributed by atoms with van der Waals surface area (Å²) >= 11 is 5.91. The smallest absolute Gasteiger partial charge is 0.335 e. The fraction of sp³-hybridized carbons (Fsp3) is 0.385. The second-order valence-electron chi connectivity index (χ2n) is 4.73. The molecular weight excluding hydrogens is 268 g/mol. The van der Waals surface area contributed by atoms with Crippen molar-refractivity contribution in [3.05, 3.63) is 28.8 Å². The summed E-state index contributed by atoms with van der Waals surface area (Å²) in [5, 5.41) is 11.6. The van der Waals surface area contributed by atoms with Crippen molar-refractivity contribution in [2.75, 3.05) is 5.32 Å². The molecular formula is C13H17ClN2O3. The molecule has 1 aromatic carbocycles. The first-order chi connectivity index (χ1) is 8.81. The number of hydrogen-bond acceptors (Lipinski definition) is 3. The minimum Gasteiger partial charge on any atom is -0.478 e. The largest absolute Gasteiger partial charge is 0.478 e. The summed E-state index contributed by atoms with van der Waals surface area (Å²) < 4.78 is 0. The van der Waals surface area contributed by atoms with Gasteiger partial charge in [0.05, 0.1) is 22.3 Å². The van der Waals surface area contributed by atoms with Gasteiger partial charge in [0.15, 0.2) is 0 Å². The minimum atomic E-state index is -1.07. The predicted molar refractivity (Wildman–Crippen MR) is 74.5 cm³/mol. The van der Waals surface area contributed by atoms with Gasteiger partial charge in [0.2, 0.25) is 5.91 Å². The zero-order valence-electron chi connectivity index (χ0n) is 10.8. The molecule has 0 radical (unpaired) electrons. The zero-order valence-corrected chi connectivity index (χ0v) is 11.6. The van der Waals surface area contributed by atoms with Crippen LogP contribution in [0.4, 0.5) is 5.69 Å². The number of aromatic carboxylic acids is 1. The van der Waals surface area contributed by atoms with E-state index in [0.29, 0.717) is 18.0 Å². The Bertz CT molecular complexity index is 489. The van der Waals surface area contributed by atoms with Crippen LogP contribution in [0.1, 0.15) is 30.6 Å². The first kappa shape index (κ1) is 15.5. The molecule has 0 saturated heterocycles. The van der Waals surface area contributed by atoms with Crippen molar-refractivity contribution < 1.29 is 14.7 Å². The molecule has 0 aliphatic rings. The number of nitrogens with one attached hydrogen (secondary N) is 1. The van der Waals surface area contributed by atoms with Crippen molar-refractivity contribution in [1.29, 1.82) is 0 Å². The maximum absolute atomic E-state index is 11.8. The number of rotatable bonds is 5. The zero-order chi connectivity index (χ0) is 14.6. The molecule has 4 N–H and O–H groups in total. The van der Waals surface area contributed by atoms with Crippen molar-refractivity contribution in [3.63, 3.8) is 0 Å². The number of carbonyl (C=O) groups is 2. The van der Waals surface area contributed by atoms with Crippen LogP contribution in [-0.2, 0) is 4.79 Å². The summed E-state index contributed by atoms with van der Waals surface area (Å²) in [4.78, 5) is 22.6. The molecule has 104 valence electrons. The number of benzene rings is 1. The molecule has 0 bridgehead atoms. The van der Waals surface area contributed by atoms with Crippen molar-refractivity contribution in [2.45, 2.75) is 26.3 Å². The Balaban J connectivity index is 2.77. The van der Waals surface area contributed by atoms with E-state index in [0.717, 1.165) is 0 Å². The van der Waals surface area contributed by atoms with Gasteiger partial charge in [-0.2, -0.15) is 0 Å². The van der Waals surface area contributed by atoms with Crippen LogP contribution in [0.15, 0.2) is 18.2 Å². The first-order valence-corrected chi connectivity index (χ1v) is 6.28. The molecule has 0 aromatic heterocycles. The van der Waals surface area contributed by atoms with E-state index in [1.165, 1.54) is 18.2 Å². The number of carboxylic acid groups (broad SMARTS) is 1. The van der Waals surface area contributed by atoms with Crippen molar-refractivity contribution in [1.82, 2.24) is 0 Å². The van der Waals surface area contributed by atoms with Crippen LogP contribution in [0.25, 0.3) is 0 Å². The Morgan fingerprint density at radius 2 is 2.05 bits per heavy atom. The van der Waals surface area contributed by atoms with Gasteiger partial charge in [-0.05, 0) is 30.5 Å². The Kier molecular flexibility index (Phi) is 5.32. The second kappa shape index (κ2) is 6.54. The standard InChI is InChI=1S/C13H17ClN2O3/c1-7(2)5-10(15)12(17)16-11-4-3-8(13(18)19)6-9(11)14/h3-4,6-7,10H,5,15H2,1-2H3,(H,16,17)(H,18,19)/t10-/m0/s1. The summed E-state index contributed by atoms with van der Waals surface area (Å²) in [6.07, 6.45) is 0.566. The molecule has 1 atom stereocenters. The summed E-state index contributed by atoms with van der Waals surface area (Å²) in [5.41, 5.74) is 6.17. The highest BCUT2D eigenvalue weighted by atomic mass is 35.5. The van der Waals surface area contributed by atoms with Crippen LogP contribution in [0.2, 0.25) is 5.02 Å². The van der Waals surface area contributed by atoms with E-state index < -0.39 is 12.0 Å². The SMILES string of the molecule is CC(C)C[C@H](N)C(=O)Nc1ccc(C(=O)O)cc1Cl. The summed E-state index contributed by atoms with van der Waals surface area (Å²) in [7, 11) is 0. The lowest BCUT2D eigenvalue weighted by molar-refractivity contribution is -0.117. The lowest BCUT2D eigenvalue weighted by Crippen LogP contribution is -2.36. The third kappa shape index (κ3) is 4.54. The predicted octanol–water partition coefficient (Wildman–Crippen LogP) is 2.35. The monoisotopic (exact) mass is 284 g/mol. The highest BCUT2D eigenvalue weighted by Gasteiger charge is 2.16. The first-order valence-electron chi connectivity index (χ1n) is 5.90. The molecule has 6 heteroatoms. The third-order valence-electron chi connectivity index (χ3n) is 2.54. The van der Waals surface area contributed by atoms with Crippen molar-refractivity contribution in [2.24, 2.45) is 11.7 Å². The van der Waals surface area contributed by atoms with Crippen LogP contribution < -0.4 is 11.1 Å². The Morgan fingerprint density at radius 1 is 1.42 bits per heavy atom. The number of anilines is 1. The van der Waals surface area contributed by atoms with Crippen LogP contribution >= 0.6 is 11.6 Å². The van der Waals surface area contributed by atoms with Gasteiger partial charge in [0, 0.05) is 0 Å². The van der Waals surface area contributed by atoms with Gasteiger partial charge in [-0.1, -0.05) is 25.4 Å². The molecule has 1 aromatic rings. The van der Waals surface area contributed by atoms with Gasteiger partial charge >= 0.3 is 5.97 Å². The van der Waals surface area contributed by atoms with E-state index in [4.69, 9.17) is 22.4 Å². The highest BCUT2D eigenvalue weighted by Crippen LogP contribution is 2.23. The van der Waals surface area contributed by atoms with Gasteiger partial charge in [0.25, 0.3) is 0 Å². The van der Waals surface area contributed by atoms with Gasteiger partial charge in [-0.25, -0.2) is 4.79 Å². The Hall–Kier alpha value is -1.59. The van der Waals surface area contributed by atoms with E-state index in [1.807, 2.05) is 13.8 Å². The molecule has 0 aliphatic carbocycles. The van der Waals surface area contributed by atoms with Gasteiger partial charge in [0.1, 0.15) is 0 Å². The normalized spacial score (nSPS) is 12.3. The third-order valence-corrected chi connectivity index (χ3v) is 2.85. The maximum atomic E-state index is 11.8. The highest BCUT2D eigenvalue weighted by molar-refractivity contribution is 6.34. The molecule has 19 heavy (non-hydrogen) atoms. The quantitative estimate of drug-likeness (QED) is 0.774. The number of carbonyl (C=O) groups excluding carboxylic acids is 1. The van der Waals surface area contributed by atoms with E-state index in [2.05, 4.69) is 5.32 Å². The van der Waals surface area contributed by atoms with Gasteiger partial charge in [-0.3, -0.25) is 4.79 Å². The summed E-state index contributed by atoms with van der Waals surface area (Å²) in [5.74, 6) is -1.10. The molecule has 0 unspecified atom stereocenters. The summed E-state index contributed by atoms with van der Waals surface area (Å²) in [6.45, 7) is 3.95. The maximum Gasteiger partial charge on any atom is 0.335 e. The van der Waals surface area contributed by atoms with E-state index in [9.17, 15) is 9.59 Å². The van der Waals surface area contributed by atoms with E-state index >= 15 is 0 Å². The molecule has 1 amide bonds. The molecule has 0 aliphatic heterocycles. The summed E-state index contributed by atoms with van der Waals surface area (Å²) in [6, 6.07) is 3.49. The Labute approximate surface area is 116 Å². The number of hydrogen-bond donors (Lipinski definition) is 3. The second-order valence-corrected chi connectivity index (χ2v) is 5.13. The van der Waals surface area contributed by atoms with Gasteiger partial charge < -0.3 is 16.2 Å². The number of amides is 1. The number of carboxylic acids is 1. The fourth-order valence-corrected chi connectivity index (χ4v) is 1.82. The van der Waals surface area contributed by atoms with E-state index in [1.54, 1.807) is 0 Å². The lowest BCUT2D eigenvalue weighted by atomic mass is 10.0. The van der Waals surface area contributed by atoms with Gasteiger partial charge in [-0.15, -0.1) is 0 Å². The van der Waals surface area contributed by atoms with Crippen LogP contribution in [0.5, 0.6) is 0 Å². The van der Waals surface area contributed by atoms with Crippen LogP contribution in [0.3, 0.4) is 0 Å². The van der Waals surface area contributed by atoms with Crippen LogP contribution in [0, 0.1) is 5.92 Å². The number of nitrogens with two attached hydrogens (primary N) is 1. The van der Waals surface area contributed by atoms with E-state index in [-0.39, 0.29) is 16.5 Å². The molecule has 0 saturated carbocycles. The molecule has 5 nitrogen and oxygen atoms in total. The fourth-order valence-electron chi connectivity index (χ4n) is 1.59. The van der Waals surface area contributed by atoms with Crippen LogP contribution in [-0.4, -0.2) is 23.0 Å². The molecule has 0 spiro atoms. The number of halogens is 1.